The van der Waals surface area contributed by atoms with Crippen molar-refractivity contribution in [1.82, 2.24) is 4.90 Å². The van der Waals surface area contributed by atoms with Gasteiger partial charge in [-0.2, -0.15) is 0 Å². The van der Waals surface area contributed by atoms with E-state index in [0.717, 1.165) is 31.5 Å². The summed E-state index contributed by atoms with van der Waals surface area (Å²) in [4.78, 5) is 2.36. The predicted molar refractivity (Wildman–Crippen MR) is 59.3 cm³/mol. The molecule has 3 nitrogen and oxygen atoms in total. The molecular formula is C11H24N2O. The predicted octanol–water partition coefficient (Wildman–Crippen LogP) is 0.940. The molecule has 0 spiro atoms. The minimum Gasteiger partial charge on any atom is -0.383 e. The Bertz CT molecular complexity index is 152. The first-order valence-corrected chi connectivity index (χ1v) is 5.65. The monoisotopic (exact) mass is 200 g/mol. The summed E-state index contributed by atoms with van der Waals surface area (Å²) in [5.41, 5.74) is 5.76. The van der Waals surface area contributed by atoms with E-state index in [4.69, 9.17) is 10.5 Å². The van der Waals surface area contributed by atoms with Crippen LogP contribution < -0.4 is 5.73 Å². The van der Waals surface area contributed by atoms with E-state index in [9.17, 15) is 0 Å². The molecule has 0 bridgehead atoms. The van der Waals surface area contributed by atoms with Crippen molar-refractivity contribution in [3.05, 3.63) is 0 Å². The molecule has 0 aromatic heterocycles. The van der Waals surface area contributed by atoms with E-state index in [2.05, 4.69) is 11.9 Å². The highest BCUT2D eigenvalue weighted by molar-refractivity contribution is 4.79. The van der Waals surface area contributed by atoms with Gasteiger partial charge in [0, 0.05) is 20.2 Å². The number of hydrogen-bond acceptors (Lipinski definition) is 3. The summed E-state index contributed by atoms with van der Waals surface area (Å²) in [6.45, 7) is 3.91. The average Bonchev–Trinajstić information content (AvgIpc) is 2.62. The molecule has 1 aliphatic rings. The van der Waals surface area contributed by atoms with Crippen LogP contribution in [0.4, 0.5) is 0 Å². The van der Waals surface area contributed by atoms with Gasteiger partial charge in [-0.15, -0.1) is 0 Å². The molecule has 84 valence electrons. The van der Waals surface area contributed by atoms with Gasteiger partial charge >= 0.3 is 0 Å². The molecule has 1 rings (SSSR count). The van der Waals surface area contributed by atoms with Crippen molar-refractivity contribution >= 4 is 0 Å². The SMILES string of the molecule is COCCN(C)CC1CCCC1CN. The molecule has 1 saturated carbocycles. The molecule has 3 heteroatoms. The molecule has 0 radical (unpaired) electrons. The number of ether oxygens (including phenoxy) is 1. The molecule has 14 heavy (non-hydrogen) atoms. The van der Waals surface area contributed by atoms with Crippen LogP contribution in [0.1, 0.15) is 19.3 Å². The standard InChI is InChI=1S/C11H24N2O/c1-13(6-7-14-2)9-11-5-3-4-10(11)8-12/h10-11H,3-9,12H2,1-2H3. The largest absolute Gasteiger partial charge is 0.383 e. The summed E-state index contributed by atoms with van der Waals surface area (Å²) in [5, 5.41) is 0. The highest BCUT2D eigenvalue weighted by Gasteiger charge is 2.26. The maximum absolute atomic E-state index is 5.76. The average molecular weight is 200 g/mol. The van der Waals surface area contributed by atoms with E-state index >= 15 is 0 Å². The number of methoxy groups -OCH3 is 1. The smallest absolute Gasteiger partial charge is 0.0589 e. The van der Waals surface area contributed by atoms with Crippen LogP contribution in [0.2, 0.25) is 0 Å². The summed E-state index contributed by atoms with van der Waals surface area (Å²) >= 11 is 0. The van der Waals surface area contributed by atoms with Crippen LogP contribution in [-0.2, 0) is 4.74 Å². The molecule has 0 heterocycles. The van der Waals surface area contributed by atoms with Gasteiger partial charge in [0.2, 0.25) is 0 Å². The summed E-state index contributed by atoms with van der Waals surface area (Å²) < 4.78 is 5.06. The first-order valence-electron chi connectivity index (χ1n) is 5.65. The lowest BCUT2D eigenvalue weighted by Gasteiger charge is -2.24. The zero-order valence-corrected chi connectivity index (χ0v) is 9.54. The Hall–Kier alpha value is -0.120. The van der Waals surface area contributed by atoms with Crippen LogP contribution in [-0.4, -0.2) is 45.3 Å². The van der Waals surface area contributed by atoms with Crippen molar-refractivity contribution in [3.63, 3.8) is 0 Å². The van der Waals surface area contributed by atoms with Crippen LogP contribution in [0.15, 0.2) is 0 Å². The second-order valence-corrected chi connectivity index (χ2v) is 4.44. The molecule has 1 fully saturated rings. The summed E-state index contributed by atoms with van der Waals surface area (Å²) in [5.74, 6) is 1.59. The lowest BCUT2D eigenvalue weighted by Crippen LogP contribution is -2.32. The number of hydrogen-bond donors (Lipinski definition) is 1. The Morgan fingerprint density at radius 3 is 2.71 bits per heavy atom. The third-order valence-electron chi connectivity index (χ3n) is 3.34. The number of nitrogens with zero attached hydrogens (tertiary/aromatic N) is 1. The minimum absolute atomic E-state index is 0.764. The number of rotatable bonds is 6. The van der Waals surface area contributed by atoms with Gasteiger partial charge in [-0.1, -0.05) is 6.42 Å². The fraction of sp³-hybridized carbons (Fsp3) is 1.00. The normalized spacial score (nSPS) is 27.4. The van der Waals surface area contributed by atoms with Gasteiger partial charge in [0.15, 0.2) is 0 Å². The summed E-state index contributed by atoms with van der Waals surface area (Å²) in [7, 11) is 3.93. The Labute approximate surface area is 87.6 Å². The molecule has 0 aromatic carbocycles. The molecule has 2 atom stereocenters. The Balaban J connectivity index is 2.21. The molecule has 2 unspecified atom stereocenters. The highest BCUT2D eigenvalue weighted by Crippen LogP contribution is 2.31. The van der Waals surface area contributed by atoms with Crippen molar-refractivity contribution in [1.29, 1.82) is 0 Å². The van der Waals surface area contributed by atoms with Crippen molar-refractivity contribution in [2.24, 2.45) is 17.6 Å². The zero-order valence-electron chi connectivity index (χ0n) is 9.54. The summed E-state index contributed by atoms with van der Waals surface area (Å²) in [6, 6.07) is 0. The van der Waals surface area contributed by atoms with E-state index in [-0.39, 0.29) is 0 Å². The van der Waals surface area contributed by atoms with Gasteiger partial charge in [-0.25, -0.2) is 0 Å². The molecule has 0 saturated heterocycles. The summed E-state index contributed by atoms with van der Waals surface area (Å²) in [6.07, 6.45) is 4.06. The first-order chi connectivity index (χ1) is 6.77. The molecule has 0 aliphatic heterocycles. The van der Waals surface area contributed by atoms with Crippen molar-refractivity contribution < 1.29 is 4.74 Å². The van der Waals surface area contributed by atoms with E-state index in [0.29, 0.717) is 0 Å². The van der Waals surface area contributed by atoms with E-state index in [1.54, 1.807) is 7.11 Å². The van der Waals surface area contributed by atoms with Crippen LogP contribution in [0.25, 0.3) is 0 Å². The Morgan fingerprint density at radius 1 is 1.36 bits per heavy atom. The highest BCUT2D eigenvalue weighted by atomic mass is 16.5. The number of likely N-dealkylation sites (N-methyl/N-ethyl adjacent to an activating group) is 1. The van der Waals surface area contributed by atoms with Gasteiger partial charge in [-0.05, 0) is 38.3 Å². The van der Waals surface area contributed by atoms with Gasteiger partial charge in [0.05, 0.1) is 6.61 Å². The lowest BCUT2D eigenvalue weighted by atomic mass is 9.96. The Morgan fingerprint density at radius 2 is 2.07 bits per heavy atom. The molecular weight excluding hydrogens is 176 g/mol. The molecule has 1 aliphatic carbocycles. The quantitative estimate of drug-likeness (QED) is 0.693. The second-order valence-electron chi connectivity index (χ2n) is 4.44. The van der Waals surface area contributed by atoms with Crippen LogP contribution in [0.5, 0.6) is 0 Å². The fourth-order valence-electron chi connectivity index (χ4n) is 2.40. The first kappa shape index (κ1) is 12.0. The fourth-order valence-corrected chi connectivity index (χ4v) is 2.40. The molecule has 0 aromatic rings. The topological polar surface area (TPSA) is 38.5 Å². The third kappa shape index (κ3) is 3.56. The zero-order chi connectivity index (χ0) is 10.4. The van der Waals surface area contributed by atoms with Crippen molar-refractivity contribution in [2.75, 3.05) is 40.4 Å². The van der Waals surface area contributed by atoms with Crippen LogP contribution >= 0.6 is 0 Å². The van der Waals surface area contributed by atoms with E-state index in [1.807, 2.05) is 0 Å². The van der Waals surface area contributed by atoms with E-state index < -0.39 is 0 Å². The van der Waals surface area contributed by atoms with Gasteiger partial charge in [0.25, 0.3) is 0 Å². The molecule has 0 amide bonds. The maximum atomic E-state index is 5.76. The van der Waals surface area contributed by atoms with E-state index in [1.165, 1.54) is 25.8 Å². The van der Waals surface area contributed by atoms with Crippen molar-refractivity contribution in [2.45, 2.75) is 19.3 Å². The van der Waals surface area contributed by atoms with Crippen LogP contribution in [0.3, 0.4) is 0 Å². The number of nitrogens with two attached hydrogens (primary N) is 1. The third-order valence-corrected chi connectivity index (χ3v) is 3.34. The lowest BCUT2D eigenvalue weighted by molar-refractivity contribution is 0.147. The Kier molecular flexibility index (Phi) is 5.45. The van der Waals surface area contributed by atoms with Gasteiger partial charge < -0.3 is 15.4 Å². The van der Waals surface area contributed by atoms with Crippen molar-refractivity contribution in [3.8, 4) is 0 Å². The minimum atomic E-state index is 0.764. The van der Waals surface area contributed by atoms with Crippen LogP contribution in [0, 0.1) is 11.8 Å². The molecule has 2 N–H and O–H groups in total. The van der Waals surface area contributed by atoms with Gasteiger partial charge in [0.1, 0.15) is 0 Å². The maximum Gasteiger partial charge on any atom is 0.0589 e. The van der Waals surface area contributed by atoms with Gasteiger partial charge in [-0.3, -0.25) is 0 Å². The second kappa shape index (κ2) is 6.38.